The molecule has 1 aromatic rings. The number of likely N-dealkylation sites (tertiary alicyclic amines) is 2. The van der Waals surface area contributed by atoms with Crippen LogP contribution in [0.3, 0.4) is 0 Å². The second-order valence-electron chi connectivity index (χ2n) is 8.56. The quantitative estimate of drug-likeness (QED) is 0.832. The predicted octanol–water partition coefficient (Wildman–Crippen LogP) is 3.17. The van der Waals surface area contributed by atoms with E-state index in [-0.39, 0.29) is 11.9 Å². The number of benzene rings is 1. The van der Waals surface area contributed by atoms with Crippen molar-refractivity contribution in [2.45, 2.75) is 63.6 Å². The summed E-state index contributed by atoms with van der Waals surface area (Å²) < 4.78 is 13.2. The molecule has 1 aliphatic carbocycles. The lowest BCUT2D eigenvalue weighted by Crippen LogP contribution is -2.53. The summed E-state index contributed by atoms with van der Waals surface area (Å²) in [6.07, 6.45) is 8.12. The van der Waals surface area contributed by atoms with Crippen LogP contribution < -0.4 is 5.32 Å². The molecule has 1 atom stereocenters. The average molecular weight is 374 g/mol. The summed E-state index contributed by atoms with van der Waals surface area (Å²) in [5.41, 5.74) is 1.08. The standard InChI is InChI=1S/C22H32FN3O/c23-19-8-6-18(7-9-19)16-26-12-2-1-3-21(26)22(27)25-13-10-20(11-14-25)24-15-17-4-5-17/h6-9,17,20-21,24H,1-5,10-16H2. The van der Waals surface area contributed by atoms with Crippen molar-refractivity contribution in [2.24, 2.45) is 5.92 Å². The summed E-state index contributed by atoms with van der Waals surface area (Å²) in [6.45, 7) is 4.60. The van der Waals surface area contributed by atoms with Gasteiger partial charge in [-0.25, -0.2) is 4.39 Å². The van der Waals surface area contributed by atoms with Crippen molar-refractivity contribution in [2.75, 3.05) is 26.2 Å². The third kappa shape index (κ3) is 5.08. The molecule has 1 unspecified atom stereocenters. The zero-order valence-electron chi connectivity index (χ0n) is 16.2. The highest BCUT2D eigenvalue weighted by Crippen LogP contribution is 2.28. The number of halogens is 1. The van der Waals surface area contributed by atoms with Crippen LogP contribution in [0.25, 0.3) is 0 Å². The summed E-state index contributed by atoms with van der Waals surface area (Å²) in [6, 6.07) is 7.26. The van der Waals surface area contributed by atoms with E-state index < -0.39 is 0 Å². The molecule has 0 aromatic heterocycles. The normalized spacial score (nSPS) is 24.9. The highest BCUT2D eigenvalue weighted by Gasteiger charge is 2.34. The number of nitrogens with zero attached hydrogens (tertiary/aromatic N) is 2. The maximum absolute atomic E-state index is 13.2. The van der Waals surface area contributed by atoms with Crippen LogP contribution >= 0.6 is 0 Å². The molecule has 0 spiro atoms. The number of carbonyl (C=O) groups is 1. The number of nitrogens with one attached hydrogen (secondary N) is 1. The van der Waals surface area contributed by atoms with Gasteiger partial charge in [0.05, 0.1) is 6.04 Å². The van der Waals surface area contributed by atoms with Crippen LogP contribution in [0, 0.1) is 11.7 Å². The number of hydrogen-bond donors (Lipinski definition) is 1. The summed E-state index contributed by atoms with van der Waals surface area (Å²) in [4.78, 5) is 17.6. The van der Waals surface area contributed by atoms with Gasteiger partial charge >= 0.3 is 0 Å². The van der Waals surface area contributed by atoms with Crippen molar-refractivity contribution < 1.29 is 9.18 Å². The molecule has 4 nitrogen and oxygen atoms in total. The lowest BCUT2D eigenvalue weighted by Gasteiger charge is -2.40. The number of hydrogen-bond acceptors (Lipinski definition) is 3. The van der Waals surface area contributed by atoms with Crippen molar-refractivity contribution in [3.05, 3.63) is 35.6 Å². The van der Waals surface area contributed by atoms with Gasteiger partial charge < -0.3 is 10.2 Å². The molecule has 2 saturated heterocycles. The highest BCUT2D eigenvalue weighted by molar-refractivity contribution is 5.82. The van der Waals surface area contributed by atoms with Crippen LogP contribution in [0.2, 0.25) is 0 Å². The van der Waals surface area contributed by atoms with Crippen LogP contribution in [0.4, 0.5) is 4.39 Å². The largest absolute Gasteiger partial charge is 0.341 e. The Morgan fingerprint density at radius 2 is 1.74 bits per heavy atom. The van der Waals surface area contributed by atoms with Gasteiger partial charge in [0.15, 0.2) is 0 Å². The van der Waals surface area contributed by atoms with E-state index in [0.717, 1.165) is 76.3 Å². The van der Waals surface area contributed by atoms with Crippen molar-refractivity contribution in [1.29, 1.82) is 0 Å². The van der Waals surface area contributed by atoms with E-state index in [1.165, 1.54) is 25.0 Å². The molecule has 0 radical (unpaired) electrons. The van der Waals surface area contributed by atoms with Crippen molar-refractivity contribution in [1.82, 2.24) is 15.1 Å². The van der Waals surface area contributed by atoms with E-state index in [2.05, 4.69) is 15.1 Å². The lowest BCUT2D eigenvalue weighted by atomic mass is 9.98. The SMILES string of the molecule is O=C(C1CCCCN1Cc1ccc(F)cc1)N1CCC(NCC2CC2)CC1. The fraction of sp³-hybridized carbons (Fsp3) is 0.682. The Labute approximate surface area is 162 Å². The van der Waals surface area contributed by atoms with Crippen molar-refractivity contribution in [3.8, 4) is 0 Å². The number of rotatable bonds is 6. The number of amides is 1. The molecular formula is C22H32FN3O. The lowest BCUT2D eigenvalue weighted by molar-refractivity contribution is -0.139. The summed E-state index contributed by atoms with van der Waals surface area (Å²) in [7, 11) is 0. The van der Waals surface area contributed by atoms with Gasteiger partial charge in [-0.3, -0.25) is 9.69 Å². The zero-order chi connectivity index (χ0) is 18.6. The molecule has 1 aromatic carbocycles. The van der Waals surface area contributed by atoms with Crippen LogP contribution in [0.1, 0.15) is 50.5 Å². The topological polar surface area (TPSA) is 35.6 Å². The predicted molar refractivity (Wildman–Crippen MR) is 105 cm³/mol. The third-order valence-corrected chi connectivity index (χ3v) is 6.40. The molecule has 3 aliphatic rings. The average Bonchev–Trinajstić information content (AvgIpc) is 3.53. The van der Waals surface area contributed by atoms with Gasteiger partial charge in [0.25, 0.3) is 0 Å². The van der Waals surface area contributed by atoms with Gasteiger partial charge in [-0.15, -0.1) is 0 Å². The molecule has 2 aliphatic heterocycles. The van der Waals surface area contributed by atoms with E-state index in [4.69, 9.17) is 0 Å². The molecule has 4 rings (SSSR count). The van der Waals surface area contributed by atoms with Crippen molar-refractivity contribution >= 4 is 5.91 Å². The Morgan fingerprint density at radius 3 is 2.44 bits per heavy atom. The van der Waals surface area contributed by atoms with E-state index >= 15 is 0 Å². The smallest absolute Gasteiger partial charge is 0.239 e. The minimum Gasteiger partial charge on any atom is -0.341 e. The van der Waals surface area contributed by atoms with Gasteiger partial charge in [0.2, 0.25) is 5.91 Å². The Balaban J connectivity index is 1.31. The first-order valence-electron chi connectivity index (χ1n) is 10.7. The molecule has 148 valence electrons. The van der Waals surface area contributed by atoms with E-state index in [1.807, 2.05) is 12.1 Å². The monoisotopic (exact) mass is 373 g/mol. The Hall–Kier alpha value is -1.46. The van der Waals surface area contributed by atoms with Crippen LogP contribution in [-0.4, -0.2) is 54.0 Å². The summed E-state index contributed by atoms with van der Waals surface area (Å²) >= 11 is 0. The third-order valence-electron chi connectivity index (χ3n) is 6.40. The second kappa shape index (κ2) is 8.70. The molecule has 1 amide bonds. The zero-order valence-corrected chi connectivity index (χ0v) is 16.2. The molecule has 5 heteroatoms. The molecule has 1 N–H and O–H groups in total. The second-order valence-corrected chi connectivity index (χ2v) is 8.56. The highest BCUT2D eigenvalue weighted by atomic mass is 19.1. The first kappa shape index (κ1) is 18.9. The van der Waals surface area contributed by atoms with Crippen LogP contribution in [-0.2, 0) is 11.3 Å². The first-order chi connectivity index (χ1) is 13.2. The summed E-state index contributed by atoms with van der Waals surface area (Å²) in [5, 5.41) is 3.69. The maximum Gasteiger partial charge on any atom is 0.239 e. The fourth-order valence-corrected chi connectivity index (χ4v) is 4.45. The van der Waals surface area contributed by atoms with E-state index in [1.54, 1.807) is 0 Å². The molecule has 2 heterocycles. The minimum atomic E-state index is -0.205. The number of piperidine rings is 2. The van der Waals surface area contributed by atoms with E-state index in [0.29, 0.717) is 11.9 Å². The van der Waals surface area contributed by atoms with Crippen molar-refractivity contribution in [3.63, 3.8) is 0 Å². The molecule has 27 heavy (non-hydrogen) atoms. The molecular weight excluding hydrogens is 341 g/mol. The molecule has 0 bridgehead atoms. The van der Waals surface area contributed by atoms with Gasteiger partial charge in [-0.1, -0.05) is 18.6 Å². The Bertz CT molecular complexity index is 623. The van der Waals surface area contributed by atoms with Gasteiger partial charge in [-0.05, 0) is 75.2 Å². The van der Waals surface area contributed by atoms with Gasteiger partial charge in [0.1, 0.15) is 5.82 Å². The minimum absolute atomic E-state index is 0.0141. The fourth-order valence-electron chi connectivity index (χ4n) is 4.45. The molecule has 1 saturated carbocycles. The van der Waals surface area contributed by atoms with E-state index in [9.17, 15) is 9.18 Å². The molecule has 3 fully saturated rings. The van der Waals surface area contributed by atoms with Gasteiger partial charge in [-0.2, -0.15) is 0 Å². The Morgan fingerprint density at radius 1 is 1.00 bits per heavy atom. The first-order valence-corrected chi connectivity index (χ1v) is 10.7. The Kier molecular flexibility index (Phi) is 6.08. The van der Waals surface area contributed by atoms with Crippen LogP contribution in [0.15, 0.2) is 24.3 Å². The van der Waals surface area contributed by atoms with Gasteiger partial charge in [0, 0.05) is 25.7 Å². The maximum atomic E-state index is 13.2. The summed E-state index contributed by atoms with van der Waals surface area (Å²) in [5.74, 6) is 1.01. The number of carbonyl (C=O) groups excluding carboxylic acids is 1. The van der Waals surface area contributed by atoms with Crippen LogP contribution in [0.5, 0.6) is 0 Å².